The van der Waals surface area contributed by atoms with Crippen molar-refractivity contribution in [3.63, 3.8) is 0 Å². The van der Waals surface area contributed by atoms with Crippen molar-refractivity contribution in [1.29, 1.82) is 0 Å². The van der Waals surface area contributed by atoms with Gasteiger partial charge in [0, 0.05) is 11.8 Å². The van der Waals surface area contributed by atoms with E-state index in [-0.39, 0.29) is 17.5 Å². The summed E-state index contributed by atoms with van der Waals surface area (Å²) in [6, 6.07) is 7.79. The van der Waals surface area contributed by atoms with Gasteiger partial charge in [0.1, 0.15) is 5.82 Å². The Bertz CT molecular complexity index is 658. The lowest BCUT2D eigenvalue weighted by Gasteiger charge is -2.08. The first-order chi connectivity index (χ1) is 10.0. The minimum absolute atomic E-state index is 0.0782. The lowest BCUT2D eigenvalue weighted by molar-refractivity contribution is 0.0631. The zero-order valence-electron chi connectivity index (χ0n) is 11.9. The van der Waals surface area contributed by atoms with Gasteiger partial charge in [-0.25, -0.2) is 9.37 Å². The van der Waals surface area contributed by atoms with Gasteiger partial charge in [0.25, 0.3) is 5.56 Å². The van der Waals surface area contributed by atoms with Gasteiger partial charge in [-0.1, -0.05) is 23.9 Å². The van der Waals surface area contributed by atoms with Crippen molar-refractivity contribution in [1.82, 2.24) is 9.97 Å². The molecule has 0 saturated carbocycles. The molecule has 0 spiro atoms. The first-order valence-electron chi connectivity index (χ1n) is 6.62. The van der Waals surface area contributed by atoms with Crippen molar-refractivity contribution in [3.8, 4) is 0 Å². The van der Waals surface area contributed by atoms with Gasteiger partial charge in [-0.2, -0.15) is 0 Å². The molecule has 0 atom stereocenters. The van der Waals surface area contributed by atoms with Crippen LogP contribution in [0, 0.1) is 5.82 Å². The van der Waals surface area contributed by atoms with Crippen molar-refractivity contribution < 1.29 is 9.13 Å². The predicted molar refractivity (Wildman–Crippen MR) is 80.7 cm³/mol. The molecular formula is C15H17FN2O2S. The molecule has 1 aromatic carbocycles. The second-order valence-electron chi connectivity index (χ2n) is 4.82. The lowest BCUT2D eigenvalue weighted by Crippen LogP contribution is -2.12. The molecule has 0 aliphatic heterocycles. The first kappa shape index (κ1) is 15.7. The Hall–Kier alpha value is -1.66. The van der Waals surface area contributed by atoms with Gasteiger partial charge in [-0.15, -0.1) is 0 Å². The van der Waals surface area contributed by atoms with Crippen LogP contribution in [-0.4, -0.2) is 16.1 Å². The topological polar surface area (TPSA) is 55.0 Å². The number of thioether (sulfide) groups is 1. The van der Waals surface area contributed by atoms with E-state index in [0.29, 0.717) is 23.2 Å². The Morgan fingerprint density at radius 3 is 2.90 bits per heavy atom. The molecule has 112 valence electrons. The van der Waals surface area contributed by atoms with Crippen LogP contribution >= 0.6 is 11.8 Å². The second kappa shape index (κ2) is 7.38. The number of aromatic amines is 1. The van der Waals surface area contributed by atoms with Crippen LogP contribution in [0.3, 0.4) is 0 Å². The number of hydrogen-bond acceptors (Lipinski definition) is 4. The van der Waals surface area contributed by atoms with E-state index in [9.17, 15) is 9.18 Å². The fraction of sp³-hybridized carbons (Fsp3) is 0.333. The van der Waals surface area contributed by atoms with E-state index >= 15 is 0 Å². The fourth-order valence-corrected chi connectivity index (χ4v) is 2.49. The molecule has 0 bridgehead atoms. The number of H-pyrrole nitrogens is 1. The lowest BCUT2D eigenvalue weighted by atomic mass is 10.2. The summed E-state index contributed by atoms with van der Waals surface area (Å²) in [6.45, 7) is 4.15. The smallest absolute Gasteiger partial charge is 0.251 e. The van der Waals surface area contributed by atoms with Gasteiger partial charge >= 0.3 is 0 Å². The summed E-state index contributed by atoms with van der Waals surface area (Å²) in [5.41, 5.74) is 1.22. The highest BCUT2D eigenvalue weighted by molar-refractivity contribution is 7.98. The number of benzene rings is 1. The summed E-state index contributed by atoms with van der Waals surface area (Å²) in [7, 11) is 0. The van der Waals surface area contributed by atoms with Gasteiger partial charge < -0.3 is 9.72 Å². The number of hydrogen-bond donors (Lipinski definition) is 1. The minimum Gasteiger partial charge on any atom is -0.373 e. The average Bonchev–Trinajstić information content (AvgIpc) is 2.43. The Kier molecular flexibility index (Phi) is 5.52. The molecule has 2 rings (SSSR count). The average molecular weight is 308 g/mol. The number of aromatic nitrogens is 2. The summed E-state index contributed by atoms with van der Waals surface area (Å²) < 4.78 is 18.5. The highest BCUT2D eigenvalue weighted by atomic mass is 32.2. The third-order valence-corrected chi connectivity index (χ3v) is 3.55. The molecule has 0 radical (unpaired) electrons. The molecule has 0 aliphatic rings. The van der Waals surface area contributed by atoms with Crippen LogP contribution in [0.15, 0.2) is 40.3 Å². The first-order valence-corrected chi connectivity index (χ1v) is 7.60. The van der Waals surface area contributed by atoms with Gasteiger partial charge in [-0.05, 0) is 31.5 Å². The van der Waals surface area contributed by atoms with Crippen LogP contribution in [0.5, 0.6) is 0 Å². The number of nitrogens with zero attached hydrogens (tertiary/aromatic N) is 1. The van der Waals surface area contributed by atoms with Crippen LogP contribution in [-0.2, 0) is 17.1 Å². The number of ether oxygens (including phenoxy) is 1. The van der Waals surface area contributed by atoms with Crippen LogP contribution in [0.1, 0.15) is 25.1 Å². The maximum absolute atomic E-state index is 13.1. The van der Waals surface area contributed by atoms with Gasteiger partial charge in [-0.3, -0.25) is 4.79 Å². The molecule has 0 saturated heterocycles. The SMILES string of the molecule is CC(C)OCc1cc(=O)[nH]c(SCc2cccc(F)c2)n1. The molecule has 2 aromatic rings. The highest BCUT2D eigenvalue weighted by Crippen LogP contribution is 2.19. The Morgan fingerprint density at radius 2 is 2.19 bits per heavy atom. The zero-order valence-corrected chi connectivity index (χ0v) is 12.7. The standard InChI is InChI=1S/C15H17FN2O2S/c1-10(2)20-8-13-7-14(19)18-15(17-13)21-9-11-4-3-5-12(16)6-11/h3-7,10H,8-9H2,1-2H3,(H,17,18,19). The Balaban J connectivity index is 2.04. The van der Waals surface area contributed by atoms with Crippen molar-refractivity contribution >= 4 is 11.8 Å². The molecule has 1 N–H and O–H groups in total. The molecule has 1 heterocycles. The Morgan fingerprint density at radius 1 is 1.38 bits per heavy atom. The second-order valence-corrected chi connectivity index (χ2v) is 5.78. The summed E-state index contributed by atoms with van der Waals surface area (Å²) in [6.07, 6.45) is 0.0782. The maximum atomic E-state index is 13.1. The van der Waals surface area contributed by atoms with E-state index < -0.39 is 0 Å². The van der Waals surface area contributed by atoms with Gasteiger partial charge in [0.05, 0.1) is 18.4 Å². The number of nitrogens with one attached hydrogen (secondary N) is 1. The minimum atomic E-state index is -0.270. The summed E-state index contributed by atoms with van der Waals surface area (Å²) >= 11 is 1.36. The number of rotatable bonds is 6. The molecule has 4 nitrogen and oxygen atoms in total. The van der Waals surface area contributed by atoms with Gasteiger partial charge in [0.15, 0.2) is 5.16 Å². The van der Waals surface area contributed by atoms with Gasteiger partial charge in [0.2, 0.25) is 0 Å². The highest BCUT2D eigenvalue weighted by Gasteiger charge is 2.05. The van der Waals surface area contributed by atoms with Crippen LogP contribution in [0.2, 0.25) is 0 Å². The maximum Gasteiger partial charge on any atom is 0.251 e. The van der Waals surface area contributed by atoms with E-state index in [1.165, 1.54) is 30.0 Å². The molecule has 0 unspecified atom stereocenters. The molecule has 0 amide bonds. The van der Waals surface area contributed by atoms with Crippen LogP contribution in [0.4, 0.5) is 4.39 Å². The van der Waals surface area contributed by atoms with E-state index in [4.69, 9.17) is 4.74 Å². The monoisotopic (exact) mass is 308 g/mol. The van der Waals surface area contributed by atoms with Crippen molar-refractivity contribution in [2.24, 2.45) is 0 Å². The van der Waals surface area contributed by atoms with Crippen molar-refractivity contribution in [2.75, 3.05) is 0 Å². The molecule has 0 fully saturated rings. The molecule has 6 heteroatoms. The van der Waals surface area contributed by atoms with E-state index in [1.807, 2.05) is 19.9 Å². The molecular weight excluding hydrogens is 291 g/mol. The fourth-order valence-electron chi connectivity index (χ4n) is 1.66. The quantitative estimate of drug-likeness (QED) is 0.658. The number of halogens is 1. The molecule has 21 heavy (non-hydrogen) atoms. The summed E-state index contributed by atoms with van der Waals surface area (Å²) in [5.74, 6) is 0.267. The van der Waals surface area contributed by atoms with E-state index in [1.54, 1.807) is 6.07 Å². The van der Waals surface area contributed by atoms with Crippen molar-refractivity contribution in [2.45, 2.75) is 37.5 Å². The van der Waals surface area contributed by atoms with E-state index in [0.717, 1.165) is 5.56 Å². The zero-order chi connectivity index (χ0) is 15.2. The van der Waals surface area contributed by atoms with Crippen LogP contribution in [0.25, 0.3) is 0 Å². The summed E-state index contributed by atoms with van der Waals surface area (Å²) in [5, 5.41) is 0.508. The molecule has 0 aliphatic carbocycles. The third-order valence-electron chi connectivity index (χ3n) is 2.60. The Labute approximate surface area is 126 Å². The largest absolute Gasteiger partial charge is 0.373 e. The predicted octanol–water partition coefficient (Wildman–Crippen LogP) is 3.13. The summed E-state index contributed by atoms with van der Waals surface area (Å²) in [4.78, 5) is 18.6. The van der Waals surface area contributed by atoms with Crippen LogP contribution < -0.4 is 5.56 Å². The van der Waals surface area contributed by atoms with Crippen molar-refractivity contribution in [3.05, 3.63) is 57.8 Å². The molecule has 1 aromatic heterocycles. The normalized spacial score (nSPS) is 11.0. The third kappa shape index (κ3) is 5.32. The van der Waals surface area contributed by atoms with E-state index in [2.05, 4.69) is 9.97 Å².